The standard InChI is InChI=1S/C19H22BrN3O4/c1-21-12-14(20)11-15(21)19(25)23-8-6-22(7-9-23)18(24)13-4-5-16(26-2)17(10-13)27-3/h4-5,10-12H,6-9H2,1-3H3. The summed E-state index contributed by atoms with van der Waals surface area (Å²) < 4.78 is 13.2. The Labute approximate surface area is 166 Å². The number of halogens is 1. The van der Waals surface area contributed by atoms with Crippen molar-refractivity contribution >= 4 is 27.7 Å². The average Bonchev–Trinajstić information content (AvgIpc) is 3.04. The van der Waals surface area contributed by atoms with Crippen LogP contribution >= 0.6 is 15.9 Å². The van der Waals surface area contributed by atoms with E-state index in [9.17, 15) is 9.59 Å². The molecule has 27 heavy (non-hydrogen) atoms. The van der Waals surface area contributed by atoms with Gasteiger partial charge in [0.2, 0.25) is 0 Å². The number of benzene rings is 1. The first-order chi connectivity index (χ1) is 12.9. The van der Waals surface area contributed by atoms with Gasteiger partial charge in [-0.25, -0.2) is 0 Å². The zero-order valence-corrected chi connectivity index (χ0v) is 17.2. The van der Waals surface area contributed by atoms with Gasteiger partial charge < -0.3 is 23.8 Å². The van der Waals surface area contributed by atoms with Crippen molar-refractivity contribution in [2.45, 2.75) is 0 Å². The van der Waals surface area contributed by atoms with Crippen LogP contribution in [-0.2, 0) is 7.05 Å². The Kier molecular flexibility index (Phi) is 5.74. The quantitative estimate of drug-likeness (QED) is 0.739. The second-order valence-electron chi connectivity index (χ2n) is 6.31. The largest absolute Gasteiger partial charge is 0.493 e. The fraction of sp³-hybridized carbons (Fsp3) is 0.368. The number of aromatic nitrogens is 1. The third kappa shape index (κ3) is 3.95. The zero-order valence-electron chi connectivity index (χ0n) is 15.6. The predicted octanol–water partition coefficient (Wildman–Crippen LogP) is 2.40. The molecule has 2 amide bonds. The van der Waals surface area contributed by atoms with Crippen LogP contribution in [0.3, 0.4) is 0 Å². The Bertz CT molecular complexity index is 857. The molecular weight excluding hydrogens is 414 g/mol. The summed E-state index contributed by atoms with van der Waals surface area (Å²) in [5.74, 6) is 0.996. The Balaban J connectivity index is 1.66. The van der Waals surface area contributed by atoms with E-state index in [1.165, 1.54) is 0 Å². The van der Waals surface area contributed by atoms with Crippen LogP contribution in [0.15, 0.2) is 34.9 Å². The minimum absolute atomic E-state index is 0.0265. The number of amides is 2. The van der Waals surface area contributed by atoms with Crippen LogP contribution in [0.5, 0.6) is 11.5 Å². The van der Waals surface area contributed by atoms with Crippen molar-refractivity contribution in [2.24, 2.45) is 7.05 Å². The monoisotopic (exact) mass is 435 g/mol. The molecule has 1 fully saturated rings. The number of ether oxygens (including phenoxy) is 2. The van der Waals surface area contributed by atoms with Crippen molar-refractivity contribution in [3.8, 4) is 11.5 Å². The third-order valence-corrected chi connectivity index (χ3v) is 5.11. The van der Waals surface area contributed by atoms with Crippen molar-refractivity contribution in [1.82, 2.24) is 14.4 Å². The van der Waals surface area contributed by atoms with Crippen molar-refractivity contribution < 1.29 is 19.1 Å². The van der Waals surface area contributed by atoms with Gasteiger partial charge in [-0.3, -0.25) is 9.59 Å². The molecule has 0 aliphatic carbocycles. The smallest absolute Gasteiger partial charge is 0.270 e. The van der Waals surface area contributed by atoms with E-state index in [4.69, 9.17) is 9.47 Å². The highest BCUT2D eigenvalue weighted by atomic mass is 79.9. The molecule has 0 unspecified atom stereocenters. The number of aryl methyl sites for hydroxylation is 1. The van der Waals surface area contributed by atoms with E-state index in [-0.39, 0.29) is 11.8 Å². The maximum Gasteiger partial charge on any atom is 0.270 e. The van der Waals surface area contributed by atoms with Gasteiger partial charge in [0, 0.05) is 49.5 Å². The summed E-state index contributed by atoms with van der Waals surface area (Å²) in [5, 5.41) is 0. The molecule has 1 aromatic heterocycles. The Morgan fingerprint density at radius 1 is 0.926 bits per heavy atom. The zero-order chi connectivity index (χ0) is 19.6. The molecule has 144 valence electrons. The summed E-state index contributed by atoms with van der Waals surface area (Å²) in [4.78, 5) is 29.0. The van der Waals surface area contributed by atoms with Gasteiger partial charge in [0.1, 0.15) is 5.69 Å². The minimum atomic E-state index is -0.0790. The third-order valence-electron chi connectivity index (χ3n) is 4.68. The number of piperazine rings is 1. The maximum absolute atomic E-state index is 12.8. The van der Waals surface area contributed by atoms with Crippen LogP contribution in [0, 0.1) is 0 Å². The molecular formula is C19H22BrN3O4. The number of methoxy groups -OCH3 is 2. The van der Waals surface area contributed by atoms with E-state index in [1.54, 1.807) is 46.8 Å². The van der Waals surface area contributed by atoms with Crippen LogP contribution in [0.4, 0.5) is 0 Å². The van der Waals surface area contributed by atoms with E-state index < -0.39 is 0 Å². The molecule has 0 bridgehead atoms. The number of nitrogens with zero attached hydrogens (tertiary/aromatic N) is 3. The second kappa shape index (κ2) is 8.04. The minimum Gasteiger partial charge on any atom is -0.493 e. The fourth-order valence-corrected chi connectivity index (χ4v) is 3.69. The lowest BCUT2D eigenvalue weighted by Gasteiger charge is -2.35. The molecule has 0 atom stereocenters. The summed E-state index contributed by atoms with van der Waals surface area (Å²) in [6.07, 6.45) is 1.85. The highest BCUT2D eigenvalue weighted by Crippen LogP contribution is 2.28. The van der Waals surface area contributed by atoms with Gasteiger partial charge in [0.25, 0.3) is 11.8 Å². The Morgan fingerprint density at radius 2 is 1.52 bits per heavy atom. The molecule has 0 saturated carbocycles. The second-order valence-corrected chi connectivity index (χ2v) is 7.22. The van der Waals surface area contributed by atoms with Gasteiger partial charge in [-0.05, 0) is 40.2 Å². The molecule has 0 spiro atoms. The molecule has 8 heteroatoms. The topological polar surface area (TPSA) is 64.0 Å². The molecule has 0 N–H and O–H groups in total. The van der Waals surface area contributed by atoms with E-state index in [2.05, 4.69) is 15.9 Å². The maximum atomic E-state index is 12.8. The van der Waals surface area contributed by atoms with Gasteiger partial charge in [-0.1, -0.05) is 0 Å². The average molecular weight is 436 g/mol. The SMILES string of the molecule is COc1ccc(C(=O)N2CCN(C(=O)c3cc(Br)cn3C)CC2)cc1OC. The summed E-state index contributed by atoms with van der Waals surface area (Å²) in [6.45, 7) is 1.98. The van der Waals surface area contributed by atoms with Crippen LogP contribution in [0.25, 0.3) is 0 Å². The van der Waals surface area contributed by atoms with E-state index in [0.29, 0.717) is 48.9 Å². The molecule has 1 saturated heterocycles. The normalized spacial score (nSPS) is 14.2. The van der Waals surface area contributed by atoms with Gasteiger partial charge in [0.15, 0.2) is 11.5 Å². The molecule has 2 aromatic rings. The molecule has 1 aliphatic rings. The van der Waals surface area contributed by atoms with Crippen LogP contribution < -0.4 is 9.47 Å². The van der Waals surface area contributed by atoms with Crippen molar-refractivity contribution in [2.75, 3.05) is 40.4 Å². The number of carbonyl (C=O) groups is 2. The summed E-state index contributed by atoms with van der Waals surface area (Å²) in [7, 11) is 4.94. The van der Waals surface area contributed by atoms with Gasteiger partial charge >= 0.3 is 0 Å². The van der Waals surface area contributed by atoms with Crippen molar-refractivity contribution in [3.05, 3.63) is 46.2 Å². The predicted molar refractivity (Wildman–Crippen MR) is 104 cm³/mol. The van der Waals surface area contributed by atoms with Gasteiger partial charge in [-0.2, -0.15) is 0 Å². The first-order valence-corrected chi connectivity index (χ1v) is 9.36. The lowest BCUT2D eigenvalue weighted by molar-refractivity contribution is 0.0530. The number of rotatable bonds is 4. The number of hydrogen-bond donors (Lipinski definition) is 0. The van der Waals surface area contributed by atoms with Crippen LogP contribution in [-0.4, -0.2) is 66.6 Å². The lowest BCUT2D eigenvalue weighted by Crippen LogP contribution is -2.50. The van der Waals surface area contributed by atoms with Gasteiger partial charge in [0.05, 0.1) is 14.2 Å². The van der Waals surface area contributed by atoms with Gasteiger partial charge in [-0.15, -0.1) is 0 Å². The summed E-state index contributed by atoms with van der Waals surface area (Å²) >= 11 is 3.39. The Hall–Kier alpha value is -2.48. The molecule has 7 nitrogen and oxygen atoms in total. The molecule has 0 radical (unpaired) electrons. The van der Waals surface area contributed by atoms with Crippen molar-refractivity contribution in [1.29, 1.82) is 0 Å². The summed E-state index contributed by atoms with van der Waals surface area (Å²) in [5.41, 5.74) is 1.17. The molecule has 2 heterocycles. The fourth-order valence-electron chi connectivity index (χ4n) is 3.16. The molecule has 1 aliphatic heterocycles. The highest BCUT2D eigenvalue weighted by molar-refractivity contribution is 9.10. The van der Waals surface area contributed by atoms with E-state index >= 15 is 0 Å². The first kappa shape index (κ1) is 19.3. The first-order valence-electron chi connectivity index (χ1n) is 8.57. The highest BCUT2D eigenvalue weighted by Gasteiger charge is 2.27. The lowest BCUT2D eigenvalue weighted by atomic mass is 10.1. The van der Waals surface area contributed by atoms with E-state index in [0.717, 1.165) is 4.47 Å². The molecule has 3 rings (SSSR count). The number of carbonyl (C=O) groups excluding carboxylic acids is 2. The molecule has 1 aromatic carbocycles. The Morgan fingerprint density at radius 3 is 2.04 bits per heavy atom. The number of hydrogen-bond acceptors (Lipinski definition) is 4. The van der Waals surface area contributed by atoms with E-state index in [1.807, 2.05) is 19.3 Å². The van der Waals surface area contributed by atoms with Crippen LogP contribution in [0.1, 0.15) is 20.8 Å². The van der Waals surface area contributed by atoms with Crippen molar-refractivity contribution in [3.63, 3.8) is 0 Å². The van der Waals surface area contributed by atoms with Crippen LogP contribution in [0.2, 0.25) is 0 Å². The summed E-state index contributed by atoms with van der Waals surface area (Å²) in [6, 6.07) is 6.94.